The van der Waals surface area contributed by atoms with Crippen LogP contribution in [0.3, 0.4) is 0 Å². The van der Waals surface area contributed by atoms with Gasteiger partial charge >= 0.3 is 0 Å². The molecule has 8 nitrogen and oxygen atoms in total. The summed E-state index contributed by atoms with van der Waals surface area (Å²) < 4.78 is 5.35. The van der Waals surface area contributed by atoms with Crippen molar-refractivity contribution in [1.82, 2.24) is 25.4 Å². The first kappa shape index (κ1) is 15.7. The van der Waals surface area contributed by atoms with Crippen molar-refractivity contribution in [3.05, 3.63) is 28.0 Å². The molecule has 0 radical (unpaired) electrons. The van der Waals surface area contributed by atoms with E-state index in [-0.39, 0.29) is 5.91 Å². The monoisotopic (exact) mass is 348 g/mol. The lowest BCUT2D eigenvalue weighted by Gasteiger charge is -2.25. The van der Waals surface area contributed by atoms with Crippen molar-refractivity contribution in [2.24, 2.45) is 0 Å². The highest BCUT2D eigenvalue weighted by Crippen LogP contribution is 2.20. The lowest BCUT2D eigenvalue weighted by atomic mass is 10.1. The van der Waals surface area contributed by atoms with Crippen LogP contribution in [0.1, 0.15) is 27.4 Å². The van der Waals surface area contributed by atoms with Gasteiger partial charge < -0.3 is 10.1 Å². The van der Waals surface area contributed by atoms with Crippen LogP contribution in [0, 0.1) is 0 Å². The molecule has 4 heterocycles. The fourth-order valence-electron chi connectivity index (χ4n) is 2.99. The number of fused-ring (bicyclic) bond motifs is 1. The molecule has 1 fully saturated rings. The molecule has 1 amide bonds. The number of nitrogens with one attached hydrogen (secondary N) is 3. The minimum absolute atomic E-state index is 0.205. The van der Waals surface area contributed by atoms with Crippen molar-refractivity contribution in [3.63, 3.8) is 0 Å². The largest absolute Gasteiger partial charge is 0.379 e. The van der Waals surface area contributed by atoms with Crippen LogP contribution in [0.5, 0.6) is 0 Å². The Bertz CT molecular complexity index is 721. The van der Waals surface area contributed by atoms with Gasteiger partial charge in [0, 0.05) is 55.8 Å². The van der Waals surface area contributed by atoms with E-state index >= 15 is 0 Å². The number of rotatable bonds is 4. The fraction of sp³-hybridized carbons (Fsp3) is 0.533. The number of carbonyl (C=O) groups is 1. The molecule has 128 valence electrons. The molecule has 4 rings (SSSR count). The molecule has 0 spiro atoms. The molecule has 2 aliphatic rings. The number of aromatic amines is 1. The van der Waals surface area contributed by atoms with E-state index in [1.807, 2.05) is 5.38 Å². The summed E-state index contributed by atoms with van der Waals surface area (Å²) in [6.07, 6.45) is 0.872. The van der Waals surface area contributed by atoms with Crippen molar-refractivity contribution in [3.8, 4) is 0 Å². The Labute approximate surface area is 143 Å². The molecule has 0 saturated carbocycles. The van der Waals surface area contributed by atoms with Gasteiger partial charge in [0.25, 0.3) is 5.91 Å². The third-order valence-corrected chi connectivity index (χ3v) is 5.09. The van der Waals surface area contributed by atoms with Crippen molar-refractivity contribution < 1.29 is 9.53 Å². The summed E-state index contributed by atoms with van der Waals surface area (Å²) in [6, 6.07) is 0. The Morgan fingerprint density at radius 2 is 2.29 bits per heavy atom. The number of amides is 1. The molecule has 1 saturated heterocycles. The van der Waals surface area contributed by atoms with Crippen LogP contribution in [0.25, 0.3) is 0 Å². The van der Waals surface area contributed by atoms with Gasteiger partial charge in [0.1, 0.15) is 0 Å². The Balaban J connectivity index is 1.40. The van der Waals surface area contributed by atoms with Crippen LogP contribution in [0.15, 0.2) is 5.38 Å². The van der Waals surface area contributed by atoms with Crippen molar-refractivity contribution in [1.29, 1.82) is 0 Å². The van der Waals surface area contributed by atoms with Crippen LogP contribution in [-0.4, -0.2) is 58.8 Å². The number of nitrogens with zero attached hydrogens (tertiary/aromatic N) is 3. The Kier molecular flexibility index (Phi) is 4.56. The molecule has 2 aromatic heterocycles. The zero-order chi connectivity index (χ0) is 16.4. The van der Waals surface area contributed by atoms with E-state index in [0.29, 0.717) is 17.4 Å². The number of morpholine rings is 1. The predicted molar refractivity (Wildman–Crippen MR) is 90.2 cm³/mol. The van der Waals surface area contributed by atoms with Crippen LogP contribution in [0.2, 0.25) is 0 Å². The molecule has 9 heteroatoms. The minimum Gasteiger partial charge on any atom is -0.379 e. The first-order chi connectivity index (χ1) is 11.8. The van der Waals surface area contributed by atoms with Gasteiger partial charge in [-0.2, -0.15) is 5.10 Å². The third kappa shape index (κ3) is 3.34. The molecule has 24 heavy (non-hydrogen) atoms. The van der Waals surface area contributed by atoms with E-state index in [2.05, 4.69) is 30.7 Å². The average molecular weight is 348 g/mol. The quantitative estimate of drug-likeness (QED) is 0.749. The predicted octanol–water partition coefficient (Wildman–Crippen LogP) is 0.596. The van der Waals surface area contributed by atoms with Gasteiger partial charge in [-0.05, 0) is 0 Å². The smallest absolute Gasteiger partial charge is 0.278 e. The standard InChI is InChI=1S/C15H20N6O2S/c22-14(13-11-7-16-2-1-12(11)19-20-13)18-15-17-10(9-24-15)8-21-3-5-23-6-4-21/h9,16H,1-8H2,(H,19,20)(H,17,18,22). The summed E-state index contributed by atoms with van der Waals surface area (Å²) >= 11 is 1.45. The Morgan fingerprint density at radius 1 is 1.42 bits per heavy atom. The van der Waals surface area contributed by atoms with Gasteiger partial charge in [-0.1, -0.05) is 0 Å². The molecule has 2 aliphatic heterocycles. The molecular formula is C15H20N6O2S. The number of ether oxygens (including phenoxy) is 1. The highest BCUT2D eigenvalue weighted by Gasteiger charge is 2.22. The molecule has 3 N–H and O–H groups in total. The summed E-state index contributed by atoms with van der Waals surface area (Å²) in [5.41, 5.74) is 3.44. The average Bonchev–Trinajstić information content (AvgIpc) is 3.22. The van der Waals surface area contributed by atoms with E-state index in [9.17, 15) is 4.79 Å². The SMILES string of the molecule is O=C(Nc1nc(CN2CCOCC2)cs1)c1n[nH]c2c1CNCC2. The number of anilines is 1. The highest BCUT2D eigenvalue weighted by atomic mass is 32.1. The van der Waals surface area contributed by atoms with Gasteiger partial charge in [0.2, 0.25) is 0 Å². The number of carbonyl (C=O) groups excluding carboxylic acids is 1. The second-order valence-electron chi connectivity index (χ2n) is 5.94. The lowest BCUT2D eigenvalue weighted by molar-refractivity contribution is 0.0337. The van der Waals surface area contributed by atoms with E-state index in [1.54, 1.807) is 0 Å². The number of H-pyrrole nitrogens is 1. The topological polar surface area (TPSA) is 95.2 Å². The normalized spacial score (nSPS) is 18.3. The molecule has 0 unspecified atom stereocenters. The second kappa shape index (κ2) is 6.98. The molecule has 0 aliphatic carbocycles. The van der Waals surface area contributed by atoms with Crippen LogP contribution < -0.4 is 10.6 Å². The summed E-state index contributed by atoms with van der Waals surface area (Å²) in [5.74, 6) is -0.205. The zero-order valence-corrected chi connectivity index (χ0v) is 14.1. The first-order valence-corrected chi connectivity index (χ1v) is 9.00. The third-order valence-electron chi connectivity index (χ3n) is 4.28. The lowest BCUT2D eigenvalue weighted by Crippen LogP contribution is -2.35. The summed E-state index contributed by atoms with van der Waals surface area (Å²) in [7, 11) is 0. The van der Waals surface area contributed by atoms with Crippen molar-refractivity contribution in [2.45, 2.75) is 19.5 Å². The fourth-order valence-corrected chi connectivity index (χ4v) is 3.69. The number of hydrogen-bond donors (Lipinski definition) is 3. The van der Waals surface area contributed by atoms with Crippen LogP contribution >= 0.6 is 11.3 Å². The van der Waals surface area contributed by atoms with Crippen molar-refractivity contribution in [2.75, 3.05) is 38.2 Å². The number of aromatic nitrogens is 3. The maximum absolute atomic E-state index is 12.5. The number of thiazole rings is 1. The molecular weight excluding hydrogens is 328 g/mol. The number of hydrogen-bond acceptors (Lipinski definition) is 7. The zero-order valence-electron chi connectivity index (χ0n) is 13.3. The van der Waals surface area contributed by atoms with Gasteiger partial charge in [-0.3, -0.25) is 20.1 Å². The van der Waals surface area contributed by atoms with Gasteiger partial charge in [0.05, 0.1) is 18.9 Å². The summed E-state index contributed by atoms with van der Waals surface area (Å²) in [5, 5.41) is 15.9. The molecule has 2 aromatic rings. The van der Waals surface area contributed by atoms with Gasteiger partial charge in [0.15, 0.2) is 10.8 Å². The van der Waals surface area contributed by atoms with Gasteiger partial charge in [-0.15, -0.1) is 11.3 Å². The highest BCUT2D eigenvalue weighted by molar-refractivity contribution is 7.13. The maximum atomic E-state index is 12.5. The Morgan fingerprint density at radius 3 is 3.17 bits per heavy atom. The maximum Gasteiger partial charge on any atom is 0.278 e. The van der Waals surface area contributed by atoms with Crippen LogP contribution in [0.4, 0.5) is 5.13 Å². The molecule has 0 aromatic carbocycles. The van der Waals surface area contributed by atoms with E-state index in [4.69, 9.17) is 4.74 Å². The Hall–Kier alpha value is -1.81. The molecule has 0 bridgehead atoms. The summed E-state index contributed by atoms with van der Waals surface area (Å²) in [4.78, 5) is 19.3. The van der Waals surface area contributed by atoms with E-state index in [1.165, 1.54) is 11.3 Å². The molecule has 0 atom stereocenters. The summed E-state index contributed by atoms with van der Waals surface area (Å²) in [6.45, 7) is 5.76. The minimum atomic E-state index is -0.205. The van der Waals surface area contributed by atoms with Crippen LogP contribution in [-0.2, 0) is 24.2 Å². The van der Waals surface area contributed by atoms with E-state index in [0.717, 1.165) is 62.8 Å². The van der Waals surface area contributed by atoms with Gasteiger partial charge in [-0.25, -0.2) is 4.98 Å². The second-order valence-corrected chi connectivity index (χ2v) is 6.80. The van der Waals surface area contributed by atoms with Crippen molar-refractivity contribution >= 4 is 22.4 Å². The van der Waals surface area contributed by atoms with E-state index < -0.39 is 0 Å². The first-order valence-electron chi connectivity index (χ1n) is 8.12.